The van der Waals surface area contributed by atoms with Gasteiger partial charge in [0.05, 0.1) is 6.54 Å². The van der Waals surface area contributed by atoms with Gasteiger partial charge in [-0.3, -0.25) is 4.79 Å². The molecule has 1 N–H and O–H groups in total. The van der Waals surface area contributed by atoms with Crippen molar-refractivity contribution in [1.29, 1.82) is 0 Å². The van der Waals surface area contributed by atoms with Gasteiger partial charge in [-0.2, -0.15) is 0 Å². The molecule has 2 saturated carbocycles. The molecule has 0 atom stereocenters. The van der Waals surface area contributed by atoms with Gasteiger partial charge < -0.3 is 14.8 Å². The van der Waals surface area contributed by atoms with E-state index in [4.69, 9.17) is 0 Å². The number of aromatic nitrogens is 3. The van der Waals surface area contributed by atoms with Crippen LogP contribution >= 0.6 is 0 Å². The minimum atomic E-state index is -2.66. The summed E-state index contributed by atoms with van der Waals surface area (Å²) in [6.45, 7) is 2.72. The first-order chi connectivity index (χ1) is 18.2. The van der Waals surface area contributed by atoms with Crippen LogP contribution < -0.4 is 10.2 Å². The van der Waals surface area contributed by atoms with E-state index >= 15 is 0 Å². The molecule has 9 heteroatoms. The highest BCUT2D eigenvalue weighted by Crippen LogP contribution is 2.39. The fourth-order valence-electron chi connectivity index (χ4n) is 5.86. The monoisotopic (exact) mass is 523 g/mol. The molecule has 2 aromatic carbocycles. The summed E-state index contributed by atoms with van der Waals surface area (Å²) in [6, 6.07) is 10.9. The minimum Gasteiger partial charge on any atom is -0.318 e. The largest absolute Gasteiger partial charge is 0.318 e. The molecule has 2 heterocycles. The lowest BCUT2D eigenvalue weighted by atomic mass is 9.78. The molecule has 38 heavy (non-hydrogen) atoms. The fourth-order valence-corrected chi connectivity index (χ4v) is 5.86. The maximum atomic E-state index is 14.1. The zero-order valence-electron chi connectivity index (χ0n) is 21.7. The highest BCUT2D eigenvalue weighted by molar-refractivity contribution is 6.10. The number of alkyl halides is 3. The Hall–Kier alpha value is -3.20. The predicted octanol–water partition coefficient (Wildman–Crippen LogP) is 5.75. The van der Waals surface area contributed by atoms with E-state index in [1.807, 2.05) is 35.9 Å². The maximum Gasteiger partial charge on any atom is 0.264 e. The number of halogens is 3. The van der Waals surface area contributed by atoms with Crippen LogP contribution in [0.2, 0.25) is 0 Å². The topological polar surface area (TPSA) is 63.0 Å². The lowest BCUT2D eigenvalue weighted by Crippen LogP contribution is -2.47. The maximum absolute atomic E-state index is 14.1. The van der Waals surface area contributed by atoms with Crippen LogP contribution in [0.1, 0.15) is 95.6 Å². The van der Waals surface area contributed by atoms with Gasteiger partial charge in [0, 0.05) is 48.3 Å². The molecule has 1 aromatic heterocycles. The lowest BCUT2D eigenvalue weighted by Gasteiger charge is -2.39. The molecule has 0 radical (unpaired) electrons. The molecule has 6 nitrogen and oxygen atoms in total. The van der Waals surface area contributed by atoms with Crippen LogP contribution in [0.4, 0.5) is 18.9 Å². The van der Waals surface area contributed by atoms with Crippen molar-refractivity contribution in [1.82, 2.24) is 20.1 Å². The van der Waals surface area contributed by atoms with Crippen LogP contribution in [-0.2, 0) is 26.6 Å². The van der Waals surface area contributed by atoms with Crippen LogP contribution in [0.3, 0.4) is 0 Å². The Bertz CT molecular complexity index is 1380. The number of nitrogens with one attached hydrogen (secondary N) is 1. The number of hydrogen-bond donors (Lipinski definition) is 1. The number of rotatable bonds is 8. The summed E-state index contributed by atoms with van der Waals surface area (Å²) < 4.78 is 43.4. The van der Waals surface area contributed by atoms with Gasteiger partial charge in [-0.15, -0.1) is 10.2 Å². The van der Waals surface area contributed by atoms with E-state index in [0.717, 1.165) is 30.1 Å². The molecular weight excluding hydrogens is 491 g/mol. The normalized spacial score (nSPS) is 21.9. The zero-order valence-corrected chi connectivity index (χ0v) is 21.7. The van der Waals surface area contributed by atoms with Crippen LogP contribution in [0.15, 0.2) is 36.4 Å². The second-order valence-corrected chi connectivity index (χ2v) is 11.3. The Labute approximate surface area is 220 Å². The number of hydrogen-bond acceptors (Lipinski definition) is 4. The number of amides is 1. The third kappa shape index (κ3) is 4.51. The highest BCUT2D eigenvalue weighted by Gasteiger charge is 2.36. The Kier molecular flexibility index (Phi) is 6.29. The van der Waals surface area contributed by atoms with Crippen LogP contribution in [0.5, 0.6) is 0 Å². The number of benzene rings is 2. The fraction of sp³-hybridized carbons (Fsp3) is 0.483. The smallest absolute Gasteiger partial charge is 0.264 e. The first-order valence-corrected chi connectivity index (χ1v) is 13.3. The van der Waals surface area contributed by atoms with Crippen molar-refractivity contribution < 1.29 is 18.0 Å². The number of nitrogens with zero attached hydrogens (tertiary/aromatic N) is 4. The van der Waals surface area contributed by atoms with E-state index in [9.17, 15) is 18.0 Å². The van der Waals surface area contributed by atoms with Gasteiger partial charge in [0.2, 0.25) is 0 Å². The van der Waals surface area contributed by atoms with E-state index in [-0.39, 0.29) is 29.5 Å². The Morgan fingerprint density at radius 2 is 1.92 bits per heavy atom. The molecule has 0 spiro atoms. The number of fused-ring (bicyclic) bond motifs is 1. The third-order valence-corrected chi connectivity index (χ3v) is 8.58. The van der Waals surface area contributed by atoms with Gasteiger partial charge >= 0.3 is 0 Å². The van der Waals surface area contributed by atoms with Gasteiger partial charge in [0.25, 0.3) is 12.3 Å². The quantitative estimate of drug-likeness (QED) is 0.408. The summed E-state index contributed by atoms with van der Waals surface area (Å²) in [5.41, 5.74) is 3.03. The van der Waals surface area contributed by atoms with Gasteiger partial charge in [-0.05, 0) is 80.0 Å². The van der Waals surface area contributed by atoms with Crippen molar-refractivity contribution >= 4 is 11.6 Å². The molecule has 1 aliphatic heterocycles. The molecule has 2 aliphatic carbocycles. The third-order valence-electron chi connectivity index (χ3n) is 8.58. The van der Waals surface area contributed by atoms with Crippen molar-refractivity contribution in [2.45, 2.75) is 82.6 Å². The second-order valence-electron chi connectivity index (χ2n) is 11.3. The van der Waals surface area contributed by atoms with Crippen molar-refractivity contribution in [2.75, 3.05) is 4.90 Å². The van der Waals surface area contributed by atoms with E-state index in [0.29, 0.717) is 48.2 Å². The summed E-state index contributed by atoms with van der Waals surface area (Å²) in [5, 5.41) is 12.1. The molecule has 1 amide bonds. The second kappa shape index (κ2) is 9.52. The Morgan fingerprint density at radius 3 is 2.61 bits per heavy atom. The van der Waals surface area contributed by atoms with Gasteiger partial charge in [0.1, 0.15) is 17.8 Å². The Balaban J connectivity index is 1.22. The zero-order chi connectivity index (χ0) is 26.6. The average molecular weight is 524 g/mol. The first kappa shape index (κ1) is 25.1. The van der Waals surface area contributed by atoms with E-state index in [2.05, 4.69) is 22.4 Å². The van der Waals surface area contributed by atoms with Gasteiger partial charge in [0.15, 0.2) is 0 Å². The van der Waals surface area contributed by atoms with E-state index in [1.165, 1.54) is 6.42 Å². The molecule has 0 unspecified atom stereocenters. The van der Waals surface area contributed by atoms with Crippen molar-refractivity contribution in [3.05, 3.63) is 75.9 Å². The molecular formula is C29H32F3N5O. The van der Waals surface area contributed by atoms with Crippen molar-refractivity contribution in [2.24, 2.45) is 7.05 Å². The predicted molar refractivity (Wildman–Crippen MR) is 138 cm³/mol. The molecule has 3 aromatic rings. The lowest BCUT2D eigenvalue weighted by molar-refractivity contribution is 0.0996. The molecule has 3 aliphatic rings. The van der Waals surface area contributed by atoms with Crippen molar-refractivity contribution in [3.63, 3.8) is 0 Å². The molecule has 0 saturated heterocycles. The summed E-state index contributed by atoms with van der Waals surface area (Å²) in [6.07, 6.45) is 1.34. The average Bonchev–Trinajstić information content (AvgIpc) is 3.38. The van der Waals surface area contributed by atoms with Crippen LogP contribution in [0, 0.1) is 0 Å². The summed E-state index contributed by atoms with van der Waals surface area (Å²) >= 11 is 0. The number of carbonyl (C=O) groups is 1. The summed E-state index contributed by atoms with van der Waals surface area (Å²) in [7, 11) is 1.89. The first-order valence-electron chi connectivity index (χ1n) is 13.3. The molecule has 0 bridgehead atoms. The number of anilines is 1. The minimum absolute atomic E-state index is 0.0392. The molecule has 200 valence electrons. The molecule has 2 fully saturated rings. The summed E-state index contributed by atoms with van der Waals surface area (Å²) in [4.78, 5) is 15.0. The van der Waals surface area contributed by atoms with Crippen LogP contribution in [0.25, 0.3) is 0 Å². The van der Waals surface area contributed by atoms with Crippen LogP contribution in [-0.4, -0.2) is 32.4 Å². The highest BCUT2D eigenvalue weighted by atomic mass is 19.3. The van der Waals surface area contributed by atoms with Gasteiger partial charge in [-0.25, -0.2) is 13.2 Å². The Morgan fingerprint density at radius 1 is 1.13 bits per heavy atom. The standard InChI is InChI=1S/C29H32F3N5O/c1-29(7-4-8-29)33-15-18-10-22(26(31)32)24-16-37(28(38)23(24)11-18)21-6-3-5-17(9-21)12-25-34-35-27(36(25)2)19-13-20(30)14-19/h3,5-6,9-11,19-20,26,33H,4,7-8,12-16H2,1-2H3. The number of carbonyl (C=O) groups excluding carboxylic acids is 1. The summed E-state index contributed by atoms with van der Waals surface area (Å²) in [5.74, 6) is 1.39. The van der Waals surface area contributed by atoms with Gasteiger partial charge in [-0.1, -0.05) is 12.1 Å². The van der Waals surface area contributed by atoms with E-state index in [1.54, 1.807) is 17.0 Å². The van der Waals surface area contributed by atoms with E-state index < -0.39 is 12.6 Å². The molecule has 6 rings (SSSR count). The van der Waals surface area contributed by atoms with Crippen molar-refractivity contribution in [3.8, 4) is 0 Å². The SMILES string of the molecule is Cn1c(Cc2cccc(N3Cc4c(cc(CNC5(C)CCC5)cc4C(F)F)C3=O)c2)nnc1C1CC(F)C1.